The number of thioether (sulfide) groups is 1. The normalized spacial score (nSPS) is 13.1. The van der Waals surface area contributed by atoms with E-state index in [2.05, 4.69) is 48.0 Å². The average Bonchev–Trinajstić information content (AvgIpc) is 3.43. The zero-order valence-electron chi connectivity index (χ0n) is 15.7. The highest BCUT2D eigenvalue weighted by molar-refractivity contribution is 7.99. The number of amides is 3. The Morgan fingerprint density at radius 2 is 1.63 bits per heavy atom. The lowest BCUT2D eigenvalue weighted by atomic mass is 10.1. The average molecular weight is 384 g/mol. The fourth-order valence-electron chi connectivity index (χ4n) is 2.51. The fourth-order valence-corrected chi connectivity index (χ4v) is 3.45. The van der Waals surface area contributed by atoms with Gasteiger partial charge < -0.3 is 16.0 Å². The van der Waals surface area contributed by atoms with Gasteiger partial charge in [0.25, 0.3) is 0 Å². The molecule has 142 valence electrons. The van der Waals surface area contributed by atoms with E-state index in [-0.39, 0.29) is 11.9 Å². The maximum Gasteiger partial charge on any atom is 0.319 e. The van der Waals surface area contributed by atoms with Crippen molar-refractivity contribution in [3.05, 3.63) is 53.6 Å². The fraction of sp³-hybridized carbons (Fsp3) is 0.333. The summed E-state index contributed by atoms with van der Waals surface area (Å²) in [4.78, 5) is 25.0. The van der Waals surface area contributed by atoms with Gasteiger partial charge in [-0.15, -0.1) is 11.8 Å². The van der Waals surface area contributed by atoms with Crippen molar-refractivity contribution in [3.8, 4) is 0 Å². The van der Waals surface area contributed by atoms with Crippen LogP contribution in [0.3, 0.4) is 0 Å². The van der Waals surface area contributed by atoms with Gasteiger partial charge in [-0.05, 0) is 74.2 Å². The third kappa shape index (κ3) is 6.32. The van der Waals surface area contributed by atoms with Gasteiger partial charge in [-0.1, -0.05) is 6.07 Å². The van der Waals surface area contributed by atoms with Crippen LogP contribution in [0.15, 0.2) is 47.4 Å². The number of rotatable bonds is 7. The van der Waals surface area contributed by atoms with Crippen molar-refractivity contribution in [2.75, 3.05) is 16.4 Å². The minimum Gasteiger partial charge on any atom is -0.335 e. The smallest absolute Gasteiger partial charge is 0.319 e. The molecule has 0 aliphatic heterocycles. The number of carbonyl (C=O) groups is 2. The van der Waals surface area contributed by atoms with E-state index in [0.717, 1.165) is 24.3 Å². The maximum absolute atomic E-state index is 12.1. The molecule has 0 atom stereocenters. The van der Waals surface area contributed by atoms with Gasteiger partial charge in [0, 0.05) is 34.5 Å². The Morgan fingerprint density at radius 3 is 2.26 bits per heavy atom. The van der Waals surface area contributed by atoms with Crippen LogP contribution in [0.1, 0.15) is 30.4 Å². The predicted molar refractivity (Wildman–Crippen MR) is 112 cm³/mol. The molecular formula is C21H25N3O2S. The molecule has 0 spiro atoms. The summed E-state index contributed by atoms with van der Waals surface area (Å²) >= 11 is 1.69. The second-order valence-electron chi connectivity index (χ2n) is 6.84. The molecule has 27 heavy (non-hydrogen) atoms. The van der Waals surface area contributed by atoms with Crippen LogP contribution in [-0.2, 0) is 4.79 Å². The number of hydrogen-bond acceptors (Lipinski definition) is 3. The van der Waals surface area contributed by atoms with E-state index in [1.54, 1.807) is 36.0 Å². The van der Waals surface area contributed by atoms with E-state index < -0.39 is 0 Å². The summed E-state index contributed by atoms with van der Waals surface area (Å²) in [6.45, 7) is 4.19. The lowest BCUT2D eigenvalue weighted by molar-refractivity contribution is -0.115. The molecule has 2 aromatic carbocycles. The molecule has 0 heterocycles. The molecule has 1 saturated carbocycles. The first-order chi connectivity index (χ1) is 13.0. The van der Waals surface area contributed by atoms with Gasteiger partial charge in [-0.25, -0.2) is 4.79 Å². The van der Waals surface area contributed by atoms with Crippen LogP contribution in [0.25, 0.3) is 0 Å². The predicted octanol–water partition coefficient (Wildman–Crippen LogP) is 4.71. The molecule has 6 heteroatoms. The molecule has 2 aromatic rings. The molecule has 0 aromatic heterocycles. The Balaban J connectivity index is 1.40. The van der Waals surface area contributed by atoms with Gasteiger partial charge in [0.15, 0.2) is 0 Å². The topological polar surface area (TPSA) is 70.2 Å². The van der Waals surface area contributed by atoms with Gasteiger partial charge in [0.05, 0.1) is 0 Å². The third-order valence-electron chi connectivity index (χ3n) is 4.42. The second-order valence-corrected chi connectivity index (χ2v) is 8.01. The molecular weight excluding hydrogens is 358 g/mol. The highest BCUT2D eigenvalue weighted by Crippen LogP contribution is 2.22. The number of hydrogen-bond donors (Lipinski definition) is 3. The van der Waals surface area contributed by atoms with E-state index in [9.17, 15) is 9.59 Å². The van der Waals surface area contributed by atoms with Crippen LogP contribution in [0.2, 0.25) is 0 Å². The zero-order valence-corrected chi connectivity index (χ0v) is 16.5. The Labute approximate surface area is 164 Å². The van der Waals surface area contributed by atoms with Gasteiger partial charge in [0.1, 0.15) is 0 Å². The quantitative estimate of drug-likeness (QED) is 0.607. The van der Waals surface area contributed by atoms with Gasteiger partial charge in [-0.3, -0.25) is 4.79 Å². The summed E-state index contributed by atoms with van der Waals surface area (Å²) in [6.07, 6.45) is 2.56. The van der Waals surface area contributed by atoms with Crippen LogP contribution in [0.5, 0.6) is 0 Å². The summed E-state index contributed by atoms with van der Waals surface area (Å²) in [6, 6.07) is 13.7. The summed E-state index contributed by atoms with van der Waals surface area (Å²) in [5, 5.41) is 8.55. The van der Waals surface area contributed by atoms with E-state index in [1.165, 1.54) is 16.0 Å². The summed E-state index contributed by atoms with van der Waals surface area (Å²) in [5.41, 5.74) is 3.98. The molecule has 3 N–H and O–H groups in total. The van der Waals surface area contributed by atoms with E-state index in [0.29, 0.717) is 18.2 Å². The van der Waals surface area contributed by atoms with Crippen LogP contribution in [0, 0.1) is 13.8 Å². The van der Waals surface area contributed by atoms with Crippen molar-refractivity contribution in [1.82, 2.24) is 5.32 Å². The number of benzene rings is 2. The molecule has 1 aliphatic carbocycles. The zero-order chi connectivity index (χ0) is 19.2. The number of urea groups is 1. The van der Waals surface area contributed by atoms with E-state index >= 15 is 0 Å². The van der Waals surface area contributed by atoms with Crippen molar-refractivity contribution >= 4 is 35.1 Å². The Hall–Kier alpha value is -2.47. The van der Waals surface area contributed by atoms with E-state index in [4.69, 9.17) is 0 Å². The van der Waals surface area contributed by atoms with Gasteiger partial charge in [0.2, 0.25) is 5.91 Å². The lowest BCUT2D eigenvalue weighted by Crippen LogP contribution is -2.30. The van der Waals surface area contributed by atoms with Crippen LogP contribution in [-0.4, -0.2) is 23.7 Å². The molecule has 3 amide bonds. The minimum absolute atomic E-state index is 0.0153. The molecule has 0 radical (unpaired) electrons. The standard InChI is InChI=1S/C21H25N3O2S/c1-14-3-10-19(13-15(14)2)27-12-11-20(25)22-16-4-6-17(7-5-16)23-21(26)24-18-8-9-18/h3-7,10,13,18H,8-9,11-12H2,1-2H3,(H,22,25)(H2,23,24,26). The molecule has 0 bridgehead atoms. The lowest BCUT2D eigenvalue weighted by Gasteiger charge is -2.09. The van der Waals surface area contributed by atoms with Gasteiger partial charge in [-0.2, -0.15) is 0 Å². The Kier molecular flexibility index (Phi) is 6.40. The highest BCUT2D eigenvalue weighted by Gasteiger charge is 2.23. The van der Waals surface area contributed by atoms with Crippen LogP contribution >= 0.6 is 11.8 Å². The Morgan fingerprint density at radius 1 is 0.963 bits per heavy atom. The number of carbonyl (C=O) groups excluding carboxylic acids is 2. The number of anilines is 2. The van der Waals surface area contributed by atoms with E-state index in [1.807, 2.05) is 0 Å². The summed E-state index contributed by atoms with van der Waals surface area (Å²) in [7, 11) is 0. The first-order valence-corrected chi connectivity index (χ1v) is 10.2. The van der Waals surface area contributed by atoms with Crippen molar-refractivity contribution < 1.29 is 9.59 Å². The maximum atomic E-state index is 12.1. The largest absolute Gasteiger partial charge is 0.335 e. The highest BCUT2D eigenvalue weighted by atomic mass is 32.2. The van der Waals surface area contributed by atoms with Crippen molar-refractivity contribution in [2.45, 2.75) is 44.0 Å². The Bertz CT molecular complexity index is 817. The van der Waals surface area contributed by atoms with Crippen molar-refractivity contribution in [1.29, 1.82) is 0 Å². The first kappa shape index (κ1) is 19.3. The number of nitrogens with one attached hydrogen (secondary N) is 3. The molecule has 1 fully saturated rings. The van der Waals surface area contributed by atoms with Crippen LogP contribution < -0.4 is 16.0 Å². The molecule has 0 unspecified atom stereocenters. The van der Waals surface area contributed by atoms with Gasteiger partial charge >= 0.3 is 6.03 Å². The molecule has 3 rings (SSSR count). The van der Waals surface area contributed by atoms with Crippen molar-refractivity contribution in [2.24, 2.45) is 0 Å². The monoisotopic (exact) mass is 383 g/mol. The SMILES string of the molecule is Cc1ccc(SCCC(=O)Nc2ccc(NC(=O)NC3CC3)cc2)cc1C. The third-order valence-corrected chi connectivity index (χ3v) is 5.41. The second kappa shape index (κ2) is 8.95. The minimum atomic E-state index is -0.183. The van der Waals surface area contributed by atoms with Crippen molar-refractivity contribution in [3.63, 3.8) is 0 Å². The molecule has 1 aliphatic rings. The first-order valence-electron chi connectivity index (χ1n) is 9.17. The summed E-state index contributed by atoms with van der Waals surface area (Å²) < 4.78 is 0. The number of aryl methyl sites for hydroxylation is 2. The summed E-state index contributed by atoms with van der Waals surface area (Å²) in [5.74, 6) is 0.716. The van der Waals surface area contributed by atoms with Crippen LogP contribution in [0.4, 0.5) is 16.2 Å². The molecule has 5 nitrogen and oxygen atoms in total. The molecule has 0 saturated heterocycles.